The molecule has 11 heteroatoms. The third-order valence-corrected chi connectivity index (χ3v) is 9.47. The third kappa shape index (κ3) is 5.29. The second-order valence-electron chi connectivity index (χ2n) is 11.9. The second kappa shape index (κ2) is 12.2. The summed E-state index contributed by atoms with van der Waals surface area (Å²) in [5.41, 5.74) is 3.08. The first kappa shape index (κ1) is 30.0. The van der Waals surface area contributed by atoms with Gasteiger partial charge in [0.25, 0.3) is 5.91 Å². The van der Waals surface area contributed by atoms with E-state index in [0.29, 0.717) is 40.5 Å². The molecule has 7 rings (SSSR count). The van der Waals surface area contributed by atoms with Gasteiger partial charge in [0, 0.05) is 41.5 Å². The van der Waals surface area contributed by atoms with Crippen LogP contribution in [0.1, 0.15) is 12.8 Å². The fraction of sp³-hybridized carbons (Fsp3) is 0.314. The van der Waals surface area contributed by atoms with Crippen molar-refractivity contribution in [3.63, 3.8) is 0 Å². The van der Waals surface area contributed by atoms with Gasteiger partial charge in [-0.1, -0.05) is 48.5 Å². The molecular formula is C35H32ClFN6O3. The number of likely N-dealkylation sites (tertiary alicyclic amines) is 1. The predicted molar refractivity (Wildman–Crippen MR) is 178 cm³/mol. The number of benzene rings is 3. The van der Waals surface area contributed by atoms with Gasteiger partial charge in [-0.25, -0.2) is 11.0 Å². The summed E-state index contributed by atoms with van der Waals surface area (Å²) in [6, 6.07) is 15.8. The summed E-state index contributed by atoms with van der Waals surface area (Å²) in [6.45, 7) is 13.0. The zero-order chi connectivity index (χ0) is 31.9. The summed E-state index contributed by atoms with van der Waals surface area (Å²) < 4.78 is 26.4. The number of piperazine rings is 1. The van der Waals surface area contributed by atoms with Gasteiger partial charge >= 0.3 is 6.01 Å². The van der Waals surface area contributed by atoms with Crippen LogP contribution in [0.25, 0.3) is 48.6 Å². The fourth-order valence-corrected chi connectivity index (χ4v) is 7.11. The highest BCUT2D eigenvalue weighted by Gasteiger charge is 2.36. The number of carbonyl (C=O) groups excluding carboxylic acids is 1. The Balaban J connectivity index is 1.39. The third-order valence-electron chi connectivity index (χ3n) is 9.16. The van der Waals surface area contributed by atoms with Crippen molar-refractivity contribution in [1.29, 1.82) is 0 Å². The molecule has 2 aliphatic rings. The first-order chi connectivity index (χ1) is 22.3. The number of hydrogen-bond donors (Lipinski definition) is 0. The molecule has 2 aliphatic heterocycles. The molecule has 0 saturated carbocycles. The lowest BCUT2D eigenvalue weighted by Crippen LogP contribution is -2.56. The Labute approximate surface area is 270 Å². The minimum Gasteiger partial charge on any atom is -0.463 e. The minimum atomic E-state index is -1.04. The summed E-state index contributed by atoms with van der Waals surface area (Å²) in [4.78, 5) is 31.7. The molecule has 0 unspecified atom stereocenters. The van der Waals surface area contributed by atoms with Crippen LogP contribution >= 0.6 is 11.6 Å². The number of nitrogens with zero attached hydrogens (tertiary/aromatic N) is 6. The van der Waals surface area contributed by atoms with Gasteiger partial charge in [0.05, 0.1) is 17.2 Å². The summed E-state index contributed by atoms with van der Waals surface area (Å²) >= 11 is 6.76. The Bertz CT molecular complexity index is 2040. The molecule has 1 amide bonds. The number of halogens is 2. The van der Waals surface area contributed by atoms with Crippen LogP contribution in [-0.4, -0.2) is 84.1 Å². The maximum absolute atomic E-state index is 13.9. The Morgan fingerprint density at radius 3 is 2.72 bits per heavy atom. The Kier molecular flexibility index (Phi) is 7.97. The number of anilines is 1. The van der Waals surface area contributed by atoms with Crippen LogP contribution in [-0.2, 0) is 4.79 Å². The highest BCUT2D eigenvalue weighted by atomic mass is 35.5. The van der Waals surface area contributed by atoms with Crippen molar-refractivity contribution in [3.05, 3.63) is 83.6 Å². The molecule has 234 valence electrons. The van der Waals surface area contributed by atoms with E-state index in [1.54, 1.807) is 6.26 Å². The molecule has 0 spiro atoms. The van der Waals surface area contributed by atoms with E-state index in [0.717, 1.165) is 46.7 Å². The fourth-order valence-electron chi connectivity index (χ4n) is 6.83. The normalized spacial score (nSPS) is 18.8. The number of hydrogen-bond acceptors (Lipinski definition) is 7. The molecule has 4 heterocycles. The van der Waals surface area contributed by atoms with Crippen LogP contribution in [0, 0.1) is 6.57 Å². The van der Waals surface area contributed by atoms with E-state index < -0.39 is 17.8 Å². The van der Waals surface area contributed by atoms with Crippen molar-refractivity contribution in [2.45, 2.75) is 24.9 Å². The number of ether oxygens (including phenoxy) is 1. The summed E-state index contributed by atoms with van der Waals surface area (Å²) in [5.74, 6) is -1.26. The second-order valence-corrected chi connectivity index (χ2v) is 12.3. The number of furan rings is 1. The van der Waals surface area contributed by atoms with Gasteiger partial charge in [-0.05, 0) is 61.1 Å². The highest BCUT2D eigenvalue weighted by molar-refractivity contribution is 6.37. The zero-order valence-corrected chi connectivity index (χ0v) is 26.1. The molecule has 46 heavy (non-hydrogen) atoms. The average molecular weight is 639 g/mol. The summed E-state index contributed by atoms with van der Waals surface area (Å²) in [5, 5.41) is 4.15. The molecule has 3 aromatic carbocycles. The van der Waals surface area contributed by atoms with Crippen LogP contribution in [0.4, 0.5) is 10.2 Å². The Morgan fingerprint density at radius 2 is 1.96 bits per heavy atom. The van der Waals surface area contributed by atoms with Crippen LogP contribution in [0.15, 0.2) is 71.6 Å². The maximum Gasteiger partial charge on any atom is 0.319 e. The van der Waals surface area contributed by atoms with E-state index in [1.165, 1.54) is 4.90 Å². The van der Waals surface area contributed by atoms with Crippen molar-refractivity contribution in [3.8, 4) is 17.1 Å². The molecular weight excluding hydrogens is 607 g/mol. The lowest BCUT2D eigenvalue weighted by atomic mass is 9.94. The number of likely N-dealkylation sites (N-methyl/N-ethyl adjacent to an activating group) is 1. The standard InChI is InChI=1S/C35H32ClFN6O3/c1-21(37)34(44)43-15-14-42(19-24(43)18-38-2)33-31-29(39-35(40-33)46-20-23-9-6-13-41(23)3)17-27(26-12-16-45-32(26)31)25-10-4-7-22-8-5-11-28(36)30(22)25/h4-5,7-8,10-12,16-17,23-24H,1,6,9,13-15,18-20H2,3H3/t23-,24-/m0/s1. The van der Waals surface area contributed by atoms with Crippen LogP contribution < -0.4 is 9.64 Å². The van der Waals surface area contributed by atoms with Crippen molar-refractivity contribution in [2.24, 2.45) is 0 Å². The number of carbonyl (C=O) groups is 1. The molecule has 9 nitrogen and oxygen atoms in total. The average Bonchev–Trinajstić information content (AvgIpc) is 3.72. The van der Waals surface area contributed by atoms with Crippen molar-refractivity contribution in [2.75, 3.05) is 51.3 Å². The van der Waals surface area contributed by atoms with Gasteiger partial charge in [-0.3, -0.25) is 4.79 Å². The zero-order valence-electron chi connectivity index (χ0n) is 25.4. The van der Waals surface area contributed by atoms with E-state index in [4.69, 9.17) is 37.3 Å². The first-order valence-electron chi connectivity index (χ1n) is 15.3. The quantitative estimate of drug-likeness (QED) is 0.144. The molecule has 2 saturated heterocycles. The van der Waals surface area contributed by atoms with Gasteiger partial charge in [0.1, 0.15) is 24.0 Å². The van der Waals surface area contributed by atoms with Gasteiger partial charge < -0.3 is 28.7 Å². The van der Waals surface area contributed by atoms with Crippen molar-refractivity contribution in [1.82, 2.24) is 19.8 Å². The largest absolute Gasteiger partial charge is 0.463 e. The number of aromatic nitrogens is 2. The van der Waals surface area contributed by atoms with Crippen LogP contribution in [0.2, 0.25) is 5.02 Å². The van der Waals surface area contributed by atoms with Gasteiger partial charge in [0.2, 0.25) is 6.54 Å². The number of fused-ring (bicyclic) bond motifs is 4. The predicted octanol–water partition coefficient (Wildman–Crippen LogP) is 6.74. The molecule has 0 radical (unpaired) electrons. The SMILES string of the molecule is [C-]#[N+]C[C@H]1CN(c2nc(OC[C@@H]3CCCN3C)nc3cc(-c4cccc5cccc(Cl)c45)c4ccoc4c23)CCN1C(=O)C(=C)F. The molecule has 2 atom stereocenters. The van der Waals surface area contributed by atoms with E-state index in [1.807, 2.05) is 53.4 Å². The minimum absolute atomic E-state index is 0.0120. The maximum atomic E-state index is 13.9. The Hall–Kier alpha value is -4.72. The summed E-state index contributed by atoms with van der Waals surface area (Å²) in [7, 11) is 2.09. The number of rotatable bonds is 7. The molecule has 2 fully saturated rings. The molecule has 5 aromatic rings. The van der Waals surface area contributed by atoms with Crippen LogP contribution in [0.3, 0.4) is 0 Å². The van der Waals surface area contributed by atoms with Gasteiger partial charge in [-0.2, -0.15) is 9.97 Å². The first-order valence-corrected chi connectivity index (χ1v) is 15.7. The van der Waals surface area contributed by atoms with Crippen LogP contribution in [0.5, 0.6) is 6.01 Å². The smallest absolute Gasteiger partial charge is 0.319 e. The molecule has 0 N–H and O–H groups in total. The molecule has 2 aromatic heterocycles. The van der Waals surface area contributed by atoms with Gasteiger partial charge in [0.15, 0.2) is 5.83 Å². The lowest BCUT2D eigenvalue weighted by molar-refractivity contribution is -0.131. The van der Waals surface area contributed by atoms with E-state index in [-0.39, 0.29) is 31.7 Å². The summed E-state index contributed by atoms with van der Waals surface area (Å²) in [6.07, 6.45) is 3.79. The van der Waals surface area contributed by atoms with Gasteiger partial charge in [-0.15, -0.1) is 0 Å². The topological polar surface area (TPSA) is 79.3 Å². The lowest BCUT2D eigenvalue weighted by Gasteiger charge is -2.39. The molecule has 0 bridgehead atoms. The Morgan fingerprint density at radius 1 is 1.13 bits per heavy atom. The highest BCUT2D eigenvalue weighted by Crippen LogP contribution is 2.43. The van der Waals surface area contributed by atoms with E-state index in [9.17, 15) is 9.18 Å². The monoisotopic (exact) mass is 638 g/mol. The molecule has 0 aliphatic carbocycles. The van der Waals surface area contributed by atoms with E-state index in [2.05, 4.69) is 23.4 Å². The van der Waals surface area contributed by atoms with E-state index >= 15 is 0 Å². The van der Waals surface area contributed by atoms with Crippen molar-refractivity contribution < 1.29 is 18.3 Å². The van der Waals surface area contributed by atoms with Crippen molar-refractivity contribution >= 4 is 56.0 Å². The number of amides is 1.